The Labute approximate surface area is 633 Å². The van der Waals surface area contributed by atoms with Gasteiger partial charge in [-0.3, -0.25) is 58.4 Å². The Morgan fingerprint density at radius 1 is 0.794 bits per heavy atom. The normalized spacial score (nSPS) is 30.2. The van der Waals surface area contributed by atoms with Crippen LogP contribution in [0.5, 0.6) is 0 Å². The molecule has 9 rings (SSSR count). The number of aliphatic imine (C=N–C) groups is 3. The predicted molar refractivity (Wildman–Crippen MR) is 391 cm³/mol. The summed E-state index contributed by atoms with van der Waals surface area (Å²) in [4.78, 5) is 143. The average Bonchev–Trinajstić information content (AvgIpc) is 1.53. The van der Waals surface area contributed by atoms with Gasteiger partial charge in [0.2, 0.25) is 41.4 Å². The molecule has 32 nitrogen and oxygen atoms in total. The molecule has 2 saturated heterocycles. The first kappa shape index (κ1) is 87.3. The van der Waals surface area contributed by atoms with Crippen molar-refractivity contribution < 1.29 is 93.3 Å². The number of pyridine rings is 1. The summed E-state index contributed by atoms with van der Waals surface area (Å²) in [6.45, 7) is 29.1. The van der Waals surface area contributed by atoms with E-state index in [1.165, 1.54) is 17.8 Å². The van der Waals surface area contributed by atoms with E-state index < -0.39 is 155 Å². The van der Waals surface area contributed by atoms with Crippen LogP contribution in [0.15, 0.2) is 92.1 Å². The number of aryl methyl sites for hydroxylation is 2. The Hall–Kier alpha value is -8.58. The Balaban J connectivity index is 0.000000939. The molecule has 6 aliphatic heterocycles. The minimum absolute atomic E-state index is 0. The molecule has 2 fully saturated rings. The maximum absolute atomic E-state index is 14.4. The molecule has 2 unspecified atom stereocenters. The van der Waals surface area contributed by atoms with Crippen LogP contribution in [0.2, 0.25) is 0 Å². The number of imidazole rings is 1. The number of nitrogens with one attached hydrogen (secondary N) is 2. The number of ether oxygens (including phenoxy) is 2. The fraction of sp³-hybridized carbons (Fsp3) is 0.589. The number of amides is 8. The summed E-state index contributed by atoms with van der Waals surface area (Å²) >= 11 is 0. The Kier molecular flexibility index (Phi) is 28.0. The Morgan fingerprint density at radius 2 is 1.39 bits per heavy atom. The van der Waals surface area contributed by atoms with Crippen molar-refractivity contribution in [1.29, 1.82) is 5.26 Å². The molecule has 0 radical (unpaired) electrons. The molecule has 1 aromatic carbocycles. The molecule has 0 saturated carbocycles. The molecule has 107 heavy (non-hydrogen) atoms. The van der Waals surface area contributed by atoms with Gasteiger partial charge in [0, 0.05) is 120 Å². The van der Waals surface area contributed by atoms with Crippen LogP contribution in [-0.4, -0.2) is 144 Å². The van der Waals surface area contributed by atoms with Gasteiger partial charge in [0.15, 0.2) is 6.23 Å². The summed E-state index contributed by atoms with van der Waals surface area (Å²) in [5.41, 5.74) is 36.2. The summed E-state index contributed by atoms with van der Waals surface area (Å²) in [5.74, 6) is -6.92. The number of fused-ring (bicyclic) bond motifs is 7. The van der Waals surface area contributed by atoms with E-state index >= 15 is 0 Å². The average molecular weight is 1550 g/mol. The fourth-order valence-electron chi connectivity index (χ4n) is 16.2. The van der Waals surface area contributed by atoms with Crippen LogP contribution in [-0.2, 0) is 73.4 Å². The van der Waals surface area contributed by atoms with Crippen LogP contribution in [0.3, 0.4) is 0 Å². The van der Waals surface area contributed by atoms with Gasteiger partial charge in [-0.25, -0.2) is 14.8 Å². The van der Waals surface area contributed by atoms with Gasteiger partial charge in [0.25, 0.3) is 7.82 Å². The van der Waals surface area contributed by atoms with Crippen LogP contribution >= 0.6 is 7.82 Å². The van der Waals surface area contributed by atoms with E-state index in [0.717, 1.165) is 11.1 Å². The molecule has 0 aliphatic carbocycles. The molecule has 34 heteroatoms. The second-order valence-corrected chi connectivity index (χ2v) is 32.1. The van der Waals surface area contributed by atoms with Crippen LogP contribution in [0, 0.1) is 71.0 Å². The minimum Gasteiger partial charge on any atom is -0.756 e. The molecule has 15 atom stereocenters. The number of rotatable bonds is 27. The van der Waals surface area contributed by atoms with Crippen molar-refractivity contribution in [1.82, 2.24) is 19.9 Å². The first-order valence-electron chi connectivity index (χ1n) is 35.1. The molecule has 8 bridgehead atoms. The maximum Gasteiger partial charge on any atom is 3.00 e. The molecule has 8 heterocycles. The summed E-state index contributed by atoms with van der Waals surface area (Å²) in [6, 6.07) is 7.92. The number of nitrogens with zero attached hydrogens (tertiary/aromatic N) is 8. The van der Waals surface area contributed by atoms with Crippen molar-refractivity contribution in [3.63, 3.8) is 0 Å². The molecular formula is C73H102CoN16O16P. The number of aliphatic hydroxyl groups excluding tert-OH is 2. The number of primary amides is 6. The molecule has 0 spiro atoms. The van der Waals surface area contributed by atoms with Crippen molar-refractivity contribution in [2.45, 2.75) is 215 Å². The molecule has 3 aromatic rings. The van der Waals surface area contributed by atoms with E-state index in [9.17, 15) is 58.0 Å². The van der Waals surface area contributed by atoms with Crippen LogP contribution in [0.25, 0.3) is 16.4 Å². The zero-order chi connectivity index (χ0) is 79.3. The number of hydrogen-bond acceptors (Lipinski definition) is 22. The number of phosphoric acid groups is 1. The number of carbonyl (C=O) groups excluding carboxylic acids is 8. The zero-order valence-corrected chi connectivity index (χ0v) is 65.0. The predicted octanol–water partition coefficient (Wildman–Crippen LogP) is 5.84. The molecule has 6 aliphatic rings. The third-order valence-electron chi connectivity index (χ3n) is 21.8. The molecule has 8 amide bonds. The number of hydrogen-bond donors (Lipinski definition) is 10. The van der Waals surface area contributed by atoms with Gasteiger partial charge in [-0.2, -0.15) is 5.70 Å². The van der Waals surface area contributed by atoms with Crippen LogP contribution < -0.4 is 49.9 Å². The van der Waals surface area contributed by atoms with E-state index in [4.69, 9.17) is 85.1 Å². The standard InChI is InChI=1S/C62H90N13O14P.C10H14N2O2.CN.Co/c1-29-20-39-40(21-30(29)2)75(28-70-39)57-52(84)53(41(27-76)87-57)89-90(85,86)88-31(3)26-69-49(83)18-19-59(8)37(22-46(66)80)56-62(11)61(10,25-48(68)82)36(14-17-45(65)79)51(74-62)33(5)55-60(9,24-47(67)81)34(12-15-43(63)77)38(71-55)23-42-58(6,7)35(13-16-44(64)78)50(72-42)32(4)54(59)73-56;1-10(2,3)14-9(13)12-8-6-4-5-7-11-8;1-2;/h20-21,23,28,31,34-37,41,52-53,56-57,76,84H,12-19,22,24-27H2,1-11H3,(H15,63,64,65,66,67,68,69,71,72,73,74,77,78,79,80,81,82,83,85,86);4-7H,1-3H3,(H,11,12,13);;/q;;-1;+3/p-2/t31?,34-,35-,36-,37+,41-,52-,53-,56-,57+,59-,60+,61+,62+;;;/m1.../s1. The first-order chi connectivity index (χ1) is 49.3. The summed E-state index contributed by atoms with van der Waals surface area (Å²) < 4.78 is 36.9. The van der Waals surface area contributed by atoms with Crippen molar-refractivity contribution in [2.24, 2.45) is 94.7 Å². The van der Waals surface area contributed by atoms with Gasteiger partial charge >= 0.3 is 22.9 Å². The maximum atomic E-state index is 14.4. The van der Waals surface area contributed by atoms with E-state index in [0.29, 0.717) is 62.2 Å². The van der Waals surface area contributed by atoms with Gasteiger partial charge in [0.05, 0.1) is 30.1 Å². The van der Waals surface area contributed by atoms with E-state index in [1.54, 1.807) is 31.3 Å². The molecule has 16 N–H and O–H groups in total. The molecular weight excluding hydrogens is 1450 g/mol. The van der Waals surface area contributed by atoms with Crippen molar-refractivity contribution >= 4 is 89.3 Å². The van der Waals surface area contributed by atoms with Crippen molar-refractivity contribution in [3.8, 4) is 0 Å². The summed E-state index contributed by atoms with van der Waals surface area (Å²) in [7, 11) is -5.32. The fourth-order valence-corrected chi connectivity index (χ4v) is 17.3. The third-order valence-corrected chi connectivity index (χ3v) is 22.9. The second-order valence-electron chi connectivity index (χ2n) is 30.8. The monoisotopic (exact) mass is 1550 g/mol. The van der Waals surface area contributed by atoms with Crippen molar-refractivity contribution in [2.75, 3.05) is 18.5 Å². The van der Waals surface area contributed by atoms with Crippen molar-refractivity contribution in [3.05, 3.63) is 100 Å². The largest absolute Gasteiger partial charge is 3.00 e. The van der Waals surface area contributed by atoms with Gasteiger partial charge in [0.1, 0.15) is 29.7 Å². The van der Waals surface area contributed by atoms with E-state index in [-0.39, 0.29) is 94.0 Å². The zero-order valence-electron chi connectivity index (χ0n) is 63.0. The quantitative estimate of drug-likeness (QED) is 0.0316. The topological polar surface area (TPSA) is 540 Å². The SMILES string of the molecule is C/C1=C2N=C(/C=C3N=C(/C(C)=C4\[N-][C@@](C)([C@@H]5N=C1[C@](C)(CCC(=O)NCC(C)OP(=O)([O-])O[C@H]1[C@@H](O)[C@@H](n6cnc7cc(C)c(C)cc76)O[C@@H]1CO)[C@H]5CC(N)=O)[C@@](C)(CC(N)=O)[C@@H]4CCC(N)=O)[C@@](C)(CC(N)=O)[C@@H]\3CCC(N)=O)C(C)(C)[C@@H]/2CCC(N)=O.CC(C)(C)OC(=O)Nc1ccccn1.[C-]#N.[Co+3]. The Bertz CT molecular complexity index is 4190. The number of aliphatic hydroxyl groups is 2. The van der Waals surface area contributed by atoms with E-state index in [2.05, 4.69) is 20.6 Å². The number of anilines is 1. The van der Waals surface area contributed by atoms with Gasteiger partial charge in [-0.1, -0.05) is 53.1 Å². The number of aromatic nitrogens is 3. The number of benzene rings is 1. The number of carbonyl (C=O) groups is 8. The first-order valence-corrected chi connectivity index (χ1v) is 36.6. The summed E-state index contributed by atoms with van der Waals surface area (Å²) in [5, 5.41) is 38.9. The van der Waals surface area contributed by atoms with Crippen LogP contribution in [0.4, 0.5) is 10.6 Å². The number of nitrogens with two attached hydrogens (primary N) is 6. The molecule has 2 aromatic heterocycles. The van der Waals surface area contributed by atoms with E-state index in [1.807, 2.05) is 101 Å². The Morgan fingerprint density at radius 3 is 1.95 bits per heavy atom. The summed E-state index contributed by atoms with van der Waals surface area (Å²) in [6.07, 6.45) is -3.67. The second kappa shape index (κ2) is 34.3. The number of phosphoric ester groups is 1. The molecule has 584 valence electrons. The minimum atomic E-state index is -5.32. The third kappa shape index (κ3) is 19.1. The van der Waals surface area contributed by atoms with Crippen LogP contribution in [0.1, 0.15) is 171 Å². The van der Waals surface area contributed by atoms with Gasteiger partial charge < -0.3 is 95.1 Å². The number of allylic oxidation sites excluding steroid dienone is 6. The smallest absolute Gasteiger partial charge is 0.756 e. The van der Waals surface area contributed by atoms with Gasteiger partial charge in [-0.05, 0) is 151 Å². The van der Waals surface area contributed by atoms with Gasteiger partial charge in [-0.15, -0.1) is 0 Å².